The minimum Gasteiger partial charge on any atom is -0.495 e. The van der Waals surface area contributed by atoms with E-state index in [9.17, 15) is 13.2 Å². The Bertz CT molecular complexity index is 1550. The number of rotatable bonds is 7. The molecule has 0 spiro atoms. The number of carbonyl (C=O) groups is 1. The molecule has 0 atom stereocenters. The highest BCUT2D eigenvalue weighted by molar-refractivity contribution is 7.92. The molecule has 1 amide bonds. The summed E-state index contributed by atoms with van der Waals surface area (Å²) in [5, 5.41) is 8.15. The highest BCUT2D eigenvalue weighted by Gasteiger charge is 2.29. The Morgan fingerprint density at radius 1 is 1.17 bits per heavy atom. The molecule has 1 aromatic carbocycles. The molecule has 0 saturated heterocycles. The Morgan fingerprint density at radius 2 is 1.97 bits per heavy atom. The summed E-state index contributed by atoms with van der Waals surface area (Å²) in [6.07, 6.45) is 4.78. The maximum atomic E-state index is 13.5. The number of nitrogens with zero attached hydrogens (tertiary/aromatic N) is 4. The highest BCUT2D eigenvalue weighted by Crippen LogP contribution is 2.41. The molecule has 1 aliphatic rings. The van der Waals surface area contributed by atoms with Crippen molar-refractivity contribution in [3.63, 3.8) is 0 Å². The number of amides is 1. The highest BCUT2D eigenvalue weighted by atomic mass is 32.2. The van der Waals surface area contributed by atoms with Crippen molar-refractivity contribution in [1.82, 2.24) is 19.7 Å². The molecule has 3 heterocycles. The number of nitrogens with one attached hydrogen (secondary N) is 2. The van der Waals surface area contributed by atoms with Gasteiger partial charge in [-0.25, -0.2) is 18.4 Å². The summed E-state index contributed by atoms with van der Waals surface area (Å²) < 4.78 is 32.8. The number of ether oxygens (including phenoxy) is 1. The number of aryl methyl sites for hydroxylation is 1. The molecule has 3 aromatic heterocycles. The topological polar surface area (TPSA) is 128 Å². The predicted molar refractivity (Wildman–Crippen MR) is 133 cm³/mol. The lowest BCUT2D eigenvalue weighted by molar-refractivity contribution is 0.102. The fraction of sp³-hybridized carbons (Fsp3) is 0.250. The van der Waals surface area contributed by atoms with Crippen LogP contribution in [0.2, 0.25) is 0 Å². The Balaban J connectivity index is 1.58. The van der Waals surface area contributed by atoms with Gasteiger partial charge in [-0.3, -0.25) is 9.52 Å². The number of fused-ring (bicyclic) bond motifs is 1. The van der Waals surface area contributed by atoms with Crippen molar-refractivity contribution in [2.24, 2.45) is 0 Å². The lowest BCUT2D eigenvalue weighted by Gasteiger charge is -2.13. The van der Waals surface area contributed by atoms with Crippen LogP contribution >= 0.6 is 0 Å². The van der Waals surface area contributed by atoms with Gasteiger partial charge in [-0.05, 0) is 56.2 Å². The molecule has 0 unspecified atom stereocenters. The Hall–Kier alpha value is -3.99. The second-order valence-electron chi connectivity index (χ2n) is 8.50. The number of anilines is 2. The summed E-state index contributed by atoms with van der Waals surface area (Å²) in [5.41, 5.74) is 3.16. The molecule has 4 aromatic rings. The molecule has 10 nitrogen and oxygen atoms in total. The van der Waals surface area contributed by atoms with Crippen molar-refractivity contribution in [2.75, 3.05) is 23.4 Å². The number of carbonyl (C=O) groups excluding carboxylic acids is 1. The fourth-order valence-electron chi connectivity index (χ4n) is 3.98. The van der Waals surface area contributed by atoms with E-state index < -0.39 is 10.0 Å². The predicted octanol–water partition coefficient (Wildman–Crippen LogP) is 3.63. The molecule has 1 saturated carbocycles. The van der Waals surface area contributed by atoms with E-state index in [1.165, 1.54) is 13.2 Å². The van der Waals surface area contributed by atoms with E-state index in [0.717, 1.165) is 24.8 Å². The van der Waals surface area contributed by atoms with Gasteiger partial charge in [0, 0.05) is 23.5 Å². The van der Waals surface area contributed by atoms with Crippen molar-refractivity contribution < 1.29 is 17.9 Å². The normalized spacial score (nSPS) is 13.6. The lowest BCUT2D eigenvalue weighted by atomic mass is 10.1. The molecule has 180 valence electrons. The van der Waals surface area contributed by atoms with Gasteiger partial charge in [0.15, 0.2) is 11.5 Å². The first kappa shape index (κ1) is 22.8. The standard InChI is InChI=1S/C24H24N6O4S/c1-14-22-17(24(31)26-16-9-10-20(34-2)19(12-16)29-35(3,32)33)13-18(15-7-8-15)27-23(22)30(28-14)21-6-4-5-11-25-21/h4-6,9-13,15,29H,7-8H2,1-3H3,(H,26,31). The van der Waals surface area contributed by atoms with Crippen molar-refractivity contribution in [3.05, 3.63) is 65.6 Å². The number of pyridine rings is 2. The van der Waals surface area contributed by atoms with Gasteiger partial charge in [-0.1, -0.05) is 6.07 Å². The minimum absolute atomic E-state index is 0.227. The lowest BCUT2D eigenvalue weighted by Crippen LogP contribution is -2.15. The zero-order valence-corrected chi connectivity index (χ0v) is 20.3. The molecule has 5 rings (SSSR count). The van der Waals surface area contributed by atoms with Crippen LogP contribution in [0, 0.1) is 6.92 Å². The van der Waals surface area contributed by atoms with Crippen molar-refractivity contribution in [3.8, 4) is 11.6 Å². The Morgan fingerprint density at radius 3 is 2.63 bits per heavy atom. The monoisotopic (exact) mass is 492 g/mol. The van der Waals surface area contributed by atoms with Gasteiger partial charge in [0.2, 0.25) is 10.0 Å². The van der Waals surface area contributed by atoms with E-state index in [1.54, 1.807) is 23.0 Å². The maximum Gasteiger partial charge on any atom is 0.256 e. The smallest absolute Gasteiger partial charge is 0.256 e. The minimum atomic E-state index is -3.54. The van der Waals surface area contributed by atoms with Crippen molar-refractivity contribution in [2.45, 2.75) is 25.7 Å². The average molecular weight is 493 g/mol. The second kappa shape index (κ2) is 8.66. The van der Waals surface area contributed by atoms with Gasteiger partial charge < -0.3 is 10.1 Å². The van der Waals surface area contributed by atoms with Gasteiger partial charge in [0.05, 0.1) is 35.7 Å². The van der Waals surface area contributed by atoms with Crippen LogP contribution in [0.3, 0.4) is 0 Å². The quantitative estimate of drug-likeness (QED) is 0.403. The van der Waals surface area contributed by atoms with Crippen LogP contribution in [-0.2, 0) is 10.0 Å². The molecule has 35 heavy (non-hydrogen) atoms. The molecule has 1 fully saturated rings. The van der Waals surface area contributed by atoms with Crippen LogP contribution in [-0.4, -0.2) is 47.4 Å². The van der Waals surface area contributed by atoms with Crippen LogP contribution in [0.25, 0.3) is 16.9 Å². The summed E-state index contributed by atoms with van der Waals surface area (Å²) in [7, 11) is -2.10. The first-order chi connectivity index (χ1) is 16.7. The third kappa shape index (κ3) is 4.67. The summed E-state index contributed by atoms with van der Waals surface area (Å²) in [5.74, 6) is 0.913. The van der Waals surface area contributed by atoms with Gasteiger partial charge >= 0.3 is 0 Å². The number of aromatic nitrogens is 4. The van der Waals surface area contributed by atoms with E-state index in [1.807, 2.05) is 31.2 Å². The van der Waals surface area contributed by atoms with Gasteiger partial charge in [0.1, 0.15) is 5.75 Å². The summed E-state index contributed by atoms with van der Waals surface area (Å²) >= 11 is 0. The molecule has 11 heteroatoms. The number of benzene rings is 1. The van der Waals surface area contributed by atoms with E-state index >= 15 is 0 Å². The van der Waals surface area contributed by atoms with Crippen LogP contribution in [0.1, 0.15) is 40.5 Å². The zero-order valence-electron chi connectivity index (χ0n) is 19.4. The van der Waals surface area contributed by atoms with Gasteiger partial charge in [-0.15, -0.1) is 0 Å². The number of methoxy groups -OCH3 is 1. The largest absolute Gasteiger partial charge is 0.495 e. The number of hydrogen-bond donors (Lipinski definition) is 2. The zero-order chi connectivity index (χ0) is 24.7. The fourth-order valence-corrected chi connectivity index (χ4v) is 4.54. The molecule has 2 N–H and O–H groups in total. The van der Waals surface area contributed by atoms with Crippen molar-refractivity contribution >= 4 is 38.3 Å². The van der Waals surface area contributed by atoms with Gasteiger partial charge in [-0.2, -0.15) is 9.78 Å². The molecule has 0 bridgehead atoms. The molecule has 0 aliphatic heterocycles. The van der Waals surface area contributed by atoms with Crippen LogP contribution in [0.4, 0.5) is 11.4 Å². The molecule has 0 radical (unpaired) electrons. The number of sulfonamides is 1. The number of hydrogen-bond acceptors (Lipinski definition) is 7. The maximum absolute atomic E-state index is 13.5. The first-order valence-corrected chi connectivity index (χ1v) is 12.9. The third-order valence-electron chi connectivity index (χ3n) is 5.69. The second-order valence-corrected chi connectivity index (χ2v) is 10.2. The van der Waals surface area contributed by atoms with E-state index in [4.69, 9.17) is 9.72 Å². The Labute approximate surface area is 202 Å². The van der Waals surface area contributed by atoms with E-state index in [2.05, 4.69) is 20.1 Å². The van der Waals surface area contributed by atoms with Crippen LogP contribution < -0.4 is 14.8 Å². The van der Waals surface area contributed by atoms with E-state index in [0.29, 0.717) is 45.5 Å². The SMILES string of the molecule is COc1ccc(NC(=O)c2cc(C3CC3)nc3c2c(C)nn3-c2ccccn2)cc1NS(C)(=O)=O. The van der Waals surface area contributed by atoms with Gasteiger partial charge in [0.25, 0.3) is 5.91 Å². The Kier molecular flexibility index (Phi) is 5.64. The summed E-state index contributed by atoms with van der Waals surface area (Å²) in [4.78, 5) is 22.8. The molecule has 1 aliphatic carbocycles. The average Bonchev–Trinajstić information content (AvgIpc) is 3.62. The van der Waals surface area contributed by atoms with Crippen LogP contribution in [0.5, 0.6) is 5.75 Å². The third-order valence-corrected chi connectivity index (χ3v) is 6.28. The molecular weight excluding hydrogens is 468 g/mol. The molecular formula is C24H24N6O4S. The van der Waals surface area contributed by atoms with Crippen LogP contribution in [0.15, 0.2) is 48.7 Å². The van der Waals surface area contributed by atoms with Crippen molar-refractivity contribution in [1.29, 1.82) is 0 Å². The van der Waals surface area contributed by atoms with E-state index in [-0.39, 0.29) is 11.6 Å². The first-order valence-electron chi connectivity index (χ1n) is 11.0. The summed E-state index contributed by atoms with van der Waals surface area (Å²) in [6, 6.07) is 12.1. The summed E-state index contributed by atoms with van der Waals surface area (Å²) in [6.45, 7) is 1.83.